The van der Waals surface area contributed by atoms with Gasteiger partial charge in [-0.25, -0.2) is 0 Å². The van der Waals surface area contributed by atoms with Crippen LogP contribution in [0.1, 0.15) is 35.1 Å². The van der Waals surface area contributed by atoms with Gasteiger partial charge in [0.15, 0.2) is 0 Å². The first-order chi connectivity index (χ1) is 10.2. The molecule has 0 bridgehead atoms. The molecule has 106 valence electrons. The standard InChI is InChI=1S/C19H18IN/c1-12-4-2-5-13(10-12)19-16-7-3-6-15(16)17-11-14(20)8-9-18(17)21-19/h2-6,8-11,15-16,19,21H,7H2,1H3/t15-,16+,19+/m1/s1. The molecule has 2 aromatic rings. The maximum atomic E-state index is 3.80. The van der Waals surface area contributed by atoms with Gasteiger partial charge in [-0.1, -0.05) is 42.0 Å². The van der Waals surface area contributed by atoms with Crippen LogP contribution >= 0.6 is 22.6 Å². The predicted octanol–water partition coefficient (Wildman–Crippen LogP) is 5.43. The fourth-order valence-electron chi connectivity index (χ4n) is 3.76. The number of aryl methyl sites for hydroxylation is 1. The Balaban J connectivity index is 1.80. The quantitative estimate of drug-likeness (QED) is 0.509. The van der Waals surface area contributed by atoms with Crippen molar-refractivity contribution in [2.75, 3.05) is 5.32 Å². The number of anilines is 1. The summed E-state index contributed by atoms with van der Waals surface area (Å²) in [5.41, 5.74) is 5.52. The zero-order valence-corrected chi connectivity index (χ0v) is 14.2. The van der Waals surface area contributed by atoms with Gasteiger partial charge in [0.1, 0.15) is 0 Å². The first-order valence-electron chi connectivity index (χ1n) is 7.51. The van der Waals surface area contributed by atoms with Crippen LogP contribution in [0.2, 0.25) is 0 Å². The minimum Gasteiger partial charge on any atom is -0.378 e. The normalized spacial score (nSPS) is 26.1. The van der Waals surface area contributed by atoms with E-state index in [0.717, 1.165) is 0 Å². The monoisotopic (exact) mass is 387 g/mol. The Labute approximate surface area is 139 Å². The highest BCUT2D eigenvalue weighted by Crippen LogP contribution is 2.49. The molecule has 2 aliphatic rings. The van der Waals surface area contributed by atoms with Crippen LogP contribution in [0.4, 0.5) is 5.69 Å². The van der Waals surface area contributed by atoms with E-state index >= 15 is 0 Å². The van der Waals surface area contributed by atoms with Gasteiger partial charge in [0.2, 0.25) is 0 Å². The van der Waals surface area contributed by atoms with Crippen LogP contribution in [0.25, 0.3) is 0 Å². The van der Waals surface area contributed by atoms with E-state index in [0.29, 0.717) is 17.9 Å². The molecule has 0 saturated heterocycles. The van der Waals surface area contributed by atoms with Gasteiger partial charge in [0, 0.05) is 15.2 Å². The lowest BCUT2D eigenvalue weighted by Gasteiger charge is -2.37. The van der Waals surface area contributed by atoms with Crippen molar-refractivity contribution >= 4 is 28.3 Å². The molecule has 0 aromatic heterocycles. The van der Waals surface area contributed by atoms with Gasteiger partial charge in [0.25, 0.3) is 0 Å². The van der Waals surface area contributed by atoms with E-state index in [-0.39, 0.29) is 0 Å². The van der Waals surface area contributed by atoms with Crippen molar-refractivity contribution in [3.8, 4) is 0 Å². The molecule has 0 radical (unpaired) electrons. The summed E-state index contributed by atoms with van der Waals surface area (Å²) in [6, 6.07) is 16.1. The Kier molecular flexibility index (Phi) is 3.29. The Morgan fingerprint density at radius 2 is 2.05 bits per heavy atom. The molecular formula is C19H18IN. The van der Waals surface area contributed by atoms with E-state index in [1.165, 1.54) is 32.4 Å². The number of halogens is 1. The van der Waals surface area contributed by atoms with Crippen molar-refractivity contribution in [2.24, 2.45) is 5.92 Å². The molecule has 3 atom stereocenters. The average molecular weight is 387 g/mol. The summed E-state index contributed by atoms with van der Waals surface area (Å²) < 4.78 is 1.32. The first kappa shape index (κ1) is 13.4. The summed E-state index contributed by atoms with van der Waals surface area (Å²) >= 11 is 2.41. The lowest BCUT2D eigenvalue weighted by atomic mass is 9.77. The van der Waals surface area contributed by atoms with Gasteiger partial charge >= 0.3 is 0 Å². The maximum absolute atomic E-state index is 3.80. The second-order valence-electron chi connectivity index (χ2n) is 6.12. The zero-order chi connectivity index (χ0) is 14.4. The van der Waals surface area contributed by atoms with Gasteiger partial charge in [-0.2, -0.15) is 0 Å². The van der Waals surface area contributed by atoms with Crippen LogP contribution in [-0.4, -0.2) is 0 Å². The van der Waals surface area contributed by atoms with Crippen molar-refractivity contribution in [2.45, 2.75) is 25.3 Å². The van der Waals surface area contributed by atoms with Crippen LogP contribution in [-0.2, 0) is 0 Å². The maximum Gasteiger partial charge on any atom is 0.0554 e. The van der Waals surface area contributed by atoms with Crippen molar-refractivity contribution in [3.63, 3.8) is 0 Å². The number of benzene rings is 2. The smallest absolute Gasteiger partial charge is 0.0554 e. The van der Waals surface area contributed by atoms with Gasteiger partial charge in [-0.3, -0.25) is 0 Å². The lowest BCUT2D eigenvalue weighted by molar-refractivity contribution is 0.425. The third kappa shape index (κ3) is 2.30. The van der Waals surface area contributed by atoms with Gasteiger partial charge < -0.3 is 5.32 Å². The molecule has 0 spiro atoms. The third-order valence-corrected chi connectivity index (χ3v) is 5.40. The Hall–Kier alpha value is -1.29. The fraction of sp³-hybridized carbons (Fsp3) is 0.263. The highest BCUT2D eigenvalue weighted by atomic mass is 127. The molecular weight excluding hydrogens is 369 g/mol. The summed E-state index contributed by atoms with van der Waals surface area (Å²) in [5.74, 6) is 1.19. The molecule has 0 amide bonds. The predicted molar refractivity (Wildman–Crippen MR) is 96.7 cm³/mol. The van der Waals surface area contributed by atoms with E-state index in [1.54, 1.807) is 0 Å². The lowest BCUT2D eigenvalue weighted by Crippen LogP contribution is -2.29. The first-order valence-corrected chi connectivity index (χ1v) is 8.59. The van der Waals surface area contributed by atoms with E-state index in [2.05, 4.69) is 89.4 Å². The second-order valence-corrected chi connectivity index (χ2v) is 7.37. The molecule has 0 fully saturated rings. The summed E-state index contributed by atoms with van der Waals surface area (Å²) in [7, 11) is 0. The van der Waals surface area contributed by atoms with Crippen LogP contribution in [0.5, 0.6) is 0 Å². The SMILES string of the molecule is Cc1cccc([C@@H]2Nc3ccc(I)cc3[C@@H]3C=CC[C@@H]32)c1. The van der Waals surface area contributed by atoms with Crippen LogP contribution in [0.15, 0.2) is 54.6 Å². The number of allylic oxidation sites excluding steroid dienone is 2. The highest BCUT2D eigenvalue weighted by molar-refractivity contribution is 14.1. The molecule has 1 heterocycles. The molecule has 0 saturated carbocycles. The largest absolute Gasteiger partial charge is 0.378 e. The van der Waals surface area contributed by atoms with Crippen molar-refractivity contribution in [1.82, 2.24) is 0 Å². The third-order valence-electron chi connectivity index (χ3n) is 4.73. The Morgan fingerprint density at radius 1 is 1.14 bits per heavy atom. The van der Waals surface area contributed by atoms with E-state index < -0.39 is 0 Å². The van der Waals surface area contributed by atoms with Crippen LogP contribution in [0.3, 0.4) is 0 Å². The van der Waals surface area contributed by atoms with E-state index in [1.807, 2.05) is 0 Å². The van der Waals surface area contributed by atoms with E-state index in [9.17, 15) is 0 Å². The number of rotatable bonds is 1. The molecule has 1 aliphatic heterocycles. The highest BCUT2D eigenvalue weighted by Gasteiger charge is 2.37. The molecule has 2 aromatic carbocycles. The number of nitrogens with one attached hydrogen (secondary N) is 1. The summed E-state index contributed by atoms with van der Waals surface area (Å²) in [6.45, 7) is 2.17. The molecule has 21 heavy (non-hydrogen) atoms. The molecule has 1 N–H and O–H groups in total. The fourth-order valence-corrected chi connectivity index (χ4v) is 4.27. The van der Waals surface area contributed by atoms with Crippen molar-refractivity contribution in [3.05, 3.63) is 74.9 Å². The molecule has 0 unspecified atom stereocenters. The number of hydrogen-bond acceptors (Lipinski definition) is 1. The van der Waals surface area contributed by atoms with Crippen molar-refractivity contribution in [1.29, 1.82) is 0 Å². The van der Waals surface area contributed by atoms with Gasteiger partial charge in [-0.15, -0.1) is 0 Å². The zero-order valence-electron chi connectivity index (χ0n) is 12.0. The van der Waals surface area contributed by atoms with Crippen LogP contribution in [0, 0.1) is 16.4 Å². The molecule has 1 aliphatic carbocycles. The second kappa shape index (κ2) is 5.16. The Morgan fingerprint density at radius 3 is 2.90 bits per heavy atom. The minimum atomic E-state index is 0.414. The average Bonchev–Trinajstić information content (AvgIpc) is 2.96. The topological polar surface area (TPSA) is 12.0 Å². The number of hydrogen-bond donors (Lipinski definition) is 1. The van der Waals surface area contributed by atoms with Crippen molar-refractivity contribution < 1.29 is 0 Å². The number of fused-ring (bicyclic) bond motifs is 3. The Bertz CT molecular complexity index is 719. The van der Waals surface area contributed by atoms with E-state index in [4.69, 9.17) is 0 Å². The van der Waals surface area contributed by atoms with Gasteiger partial charge in [-0.05, 0) is 71.2 Å². The van der Waals surface area contributed by atoms with Crippen LogP contribution < -0.4 is 5.32 Å². The molecule has 4 rings (SSSR count). The summed E-state index contributed by atoms with van der Waals surface area (Å²) in [6.07, 6.45) is 5.93. The summed E-state index contributed by atoms with van der Waals surface area (Å²) in [5, 5.41) is 3.80. The minimum absolute atomic E-state index is 0.414. The van der Waals surface area contributed by atoms with Gasteiger partial charge in [0.05, 0.1) is 6.04 Å². The molecule has 1 nitrogen and oxygen atoms in total. The molecule has 2 heteroatoms. The summed E-state index contributed by atoms with van der Waals surface area (Å²) in [4.78, 5) is 0.